The molecule has 2 aliphatic carbocycles. The Bertz CT molecular complexity index is 1160. The van der Waals surface area contributed by atoms with Gasteiger partial charge in [-0.25, -0.2) is 9.97 Å². The maximum atomic E-state index is 13.2. The Labute approximate surface area is 294 Å². The van der Waals surface area contributed by atoms with Gasteiger partial charge < -0.3 is 40.5 Å². The fourth-order valence-electron chi connectivity index (χ4n) is 5.90. The van der Waals surface area contributed by atoms with Crippen molar-refractivity contribution >= 4 is 62.6 Å². The summed E-state index contributed by atoms with van der Waals surface area (Å²) in [6.07, 6.45) is 6.70. The van der Waals surface area contributed by atoms with Gasteiger partial charge in [0.2, 0.25) is 5.95 Å². The summed E-state index contributed by atoms with van der Waals surface area (Å²) in [5.74, 6) is 2.08. The van der Waals surface area contributed by atoms with Crippen LogP contribution >= 0.6 is 45.2 Å². The molecule has 2 aromatic rings. The molecule has 4 heterocycles. The second-order valence-corrected chi connectivity index (χ2v) is 15.3. The van der Waals surface area contributed by atoms with Gasteiger partial charge in [0.15, 0.2) is 0 Å². The molecule has 4 aliphatic rings. The van der Waals surface area contributed by atoms with E-state index in [9.17, 15) is 14.6 Å². The maximum Gasteiger partial charge on any atom is 0.215 e. The summed E-state index contributed by atoms with van der Waals surface area (Å²) in [7, 11) is 0. The van der Waals surface area contributed by atoms with Crippen molar-refractivity contribution in [2.24, 2.45) is 0 Å². The smallest absolute Gasteiger partial charge is 0.215 e. The second kappa shape index (κ2) is 17.9. The summed E-state index contributed by atoms with van der Waals surface area (Å²) in [4.78, 5) is 10.9. The predicted octanol–water partition coefficient (Wildman–Crippen LogP) is 5.17. The molecule has 0 unspecified atom stereocenters. The van der Waals surface area contributed by atoms with Crippen LogP contribution in [0, 0.1) is 13.1 Å². The standard InChI is InChI=1S/C16H24IN3O2.C12H16FIN2O.C4H9NO/c1-16(4-2-13(21)3-5-16)19-14-10-12(17)11-15(18-14)20-6-8-22-9-7-20;1-12(4-2-9(17)3-5-12)16-11-7-8(14)6-10(13)15-11;1-3-6-4-2-5-1/h10-11,13,21H,2-9H2,1H3,(H,18,19);6-7,9,17H,2-5H2,1H3,(H,15,16);5H,1-4H2. The third-order valence-electron chi connectivity index (χ3n) is 8.69. The summed E-state index contributed by atoms with van der Waals surface area (Å²) in [6.45, 7) is 11.5. The average molecular weight is 855 g/mol. The molecule has 0 spiro atoms. The van der Waals surface area contributed by atoms with E-state index in [0.717, 1.165) is 119 Å². The number of halogens is 3. The number of aliphatic hydroxyl groups is 2. The summed E-state index contributed by atoms with van der Waals surface area (Å²) in [5.41, 5.74) is -0.0674. The maximum absolute atomic E-state index is 13.2. The minimum atomic E-state index is -0.459. The molecule has 2 saturated carbocycles. The lowest BCUT2D eigenvalue weighted by Crippen LogP contribution is -2.41. The Morgan fingerprint density at radius 3 is 1.69 bits per heavy atom. The second-order valence-electron chi connectivity index (χ2n) is 12.8. The lowest BCUT2D eigenvalue weighted by molar-refractivity contribution is 0.107. The van der Waals surface area contributed by atoms with E-state index in [-0.39, 0.29) is 23.3 Å². The quantitative estimate of drug-likeness (QED) is 0.204. The minimum Gasteiger partial charge on any atom is -0.393 e. The Hall–Kier alpha value is -1.11. The number of hydrogen-bond acceptors (Lipinski definition) is 10. The molecule has 4 fully saturated rings. The molecule has 10 nitrogen and oxygen atoms in total. The average Bonchev–Trinajstić information content (AvgIpc) is 3.01. The molecule has 5 N–H and O–H groups in total. The highest BCUT2D eigenvalue weighted by molar-refractivity contribution is 14.1. The van der Waals surface area contributed by atoms with Crippen molar-refractivity contribution < 1.29 is 24.1 Å². The lowest BCUT2D eigenvalue weighted by atomic mass is 9.82. The molecule has 0 bridgehead atoms. The number of aliphatic hydroxyl groups excluding tert-OH is 2. The highest BCUT2D eigenvalue weighted by Crippen LogP contribution is 2.33. The van der Waals surface area contributed by atoms with Gasteiger partial charge in [0.1, 0.15) is 17.5 Å². The number of nitrogens with one attached hydrogen (secondary N) is 3. The van der Waals surface area contributed by atoms with Gasteiger partial charge in [0, 0.05) is 50.5 Å². The number of aromatic nitrogens is 2. The van der Waals surface area contributed by atoms with Crippen molar-refractivity contribution in [1.82, 2.24) is 15.3 Å². The van der Waals surface area contributed by atoms with E-state index < -0.39 is 5.95 Å². The first-order chi connectivity index (χ1) is 21.5. The summed E-state index contributed by atoms with van der Waals surface area (Å²) < 4.78 is 25.6. The van der Waals surface area contributed by atoms with E-state index in [2.05, 4.69) is 97.0 Å². The number of nitrogens with zero attached hydrogens (tertiary/aromatic N) is 3. The number of ether oxygens (including phenoxy) is 2. The molecule has 2 aromatic heterocycles. The van der Waals surface area contributed by atoms with Crippen LogP contribution in [0.2, 0.25) is 0 Å². The van der Waals surface area contributed by atoms with Crippen LogP contribution in [0.15, 0.2) is 24.3 Å². The topological polar surface area (TPSA) is 124 Å². The summed E-state index contributed by atoms with van der Waals surface area (Å²) in [6, 6.07) is 7.46. The fraction of sp³-hybridized carbons (Fsp3) is 0.688. The molecule has 2 saturated heterocycles. The van der Waals surface area contributed by atoms with Crippen LogP contribution < -0.4 is 20.9 Å². The van der Waals surface area contributed by atoms with Crippen LogP contribution in [0.1, 0.15) is 65.2 Å². The molecule has 252 valence electrons. The highest BCUT2D eigenvalue weighted by atomic mass is 127. The molecule has 6 rings (SSSR count). The van der Waals surface area contributed by atoms with E-state index >= 15 is 0 Å². The van der Waals surface area contributed by atoms with Gasteiger partial charge in [0.05, 0.1) is 38.6 Å². The first kappa shape index (κ1) is 36.7. The zero-order valence-electron chi connectivity index (χ0n) is 26.5. The fourth-order valence-corrected chi connectivity index (χ4v) is 7.02. The molecule has 0 amide bonds. The number of anilines is 3. The third kappa shape index (κ3) is 12.8. The van der Waals surface area contributed by atoms with Gasteiger partial charge in [-0.05, 0) is 129 Å². The van der Waals surface area contributed by atoms with Crippen molar-refractivity contribution in [1.29, 1.82) is 0 Å². The number of morpholine rings is 2. The SMILES string of the molecule is C1COCCN1.CC1(Nc2cc(I)cc(F)n2)CCC(O)CC1.CC1(Nc2cc(I)cc(N3CCOCC3)n2)CCC(O)CC1. The first-order valence-electron chi connectivity index (χ1n) is 16.1. The lowest BCUT2D eigenvalue weighted by Gasteiger charge is -2.37. The first-order valence-corrected chi connectivity index (χ1v) is 18.2. The Morgan fingerprint density at radius 1 is 0.778 bits per heavy atom. The zero-order chi connectivity index (χ0) is 32.3. The van der Waals surface area contributed by atoms with Crippen LogP contribution in [0.5, 0.6) is 0 Å². The number of rotatable bonds is 5. The van der Waals surface area contributed by atoms with Crippen molar-refractivity contribution in [3.8, 4) is 0 Å². The van der Waals surface area contributed by atoms with Crippen LogP contribution in [0.25, 0.3) is 0 Å². The number of pyridine rings is 2. The molecule has 2 aliphatic heterocycles. The van der Waals surface area contributed by atoms with Crippen LogP contribution in [-0.4, -0.2) is 96.1 Å². The van der Waals surface area contributed by atoms with Gasteiger partial charge >= 0.3 is 0 Å². The van der Waals surface area contributed by atoms with Crippen LogP contribution in [0.3, 0.4) is 0 Å². The van der Waals surface area contributed by atoms with Crippen molar-refractivity contribution in [3.05, 3.63) is 37.4 Å². The summed E-state index contributed by atoms with van der Waals surface area (Å²) >= 11 is 4.42. The van der Waals surface area contributed by atoms with E-state index in [0.29, 0.717) is 5.82 Å². The van der Waals surface area contributed by atoms with Gasteiger partial charge in [0.25, 0.3) is 0 Å². The predicted molar refractivity (Wildman–Crippen MR) is 194 cm³/mol. The van der Waals surface area contributed by atoms with Gasteiger partial charge in [-0.1, -0.05) is 0 Å². The van der Waals surface area contributed by atoms with Crippen molar-refractivity contribution in [3.63, 3.8) is 0 Å². The zero-order valence-corrected chi connectivity index (χ0v) is 30.8. The largest absolute Gasteiger partial charge is 0.393 e. The molecule has 0 atom stereocenters. The van der Waals surface area contributed by atoms with Crippen molar-refractivity contribution in [2.75, 3.05) is 68.1 Å². The van der Waals surface area contributed by atoms with E-state index in [1.165, 1.54) is 9.64 Å². The molecular weight excluding hydrogens is 805 g/mol. The Kier molecular flexibility index (Phi) is 14.6. The highest BCUT2D eigenvalue weighted by Gasteiger charge is 2.31. The molecule has 45 heavy (non-hydrogen) atoms. The normalized spacial score (nSPS) is 28.6. The van der Waals surface area contributed by atoms with Gasteiger partial charge in [-0.15, -0.1) is 0 Å². The minimum absolute atomic E-state index is 0.0267. The Balaban J connectivity index is 0.000000177. The van der Waals surface area contributed by atoms with E-state index in [4.69, 9.17) is 14.5 Å². The molecule has 13 heteroatoms. The third-order valence-corrected chi connectivity index (χ3v) is 9.94. The van der Waals surface area contributed by atoms with Crippen LogP contribution in [0.4, 0.5) is 21.8 Å². The Morgan fingerprint density at radius 2 is 1.24 bits per heavy atom. The van der Waals surface area contributed by atoms with Crippen LogP contribution in [-0.2, 0) is 9.47 Å². The molecule has 0 radical (unpaired) electrons. The molecular formula is C32H49FI2N6O4. The van der Waals surface area contributed by atoms with Gasteiger partial charge in [-0.2, -0.15) is 4.39 Å². The van der Waals surface area contributed by atoms with E-state index in [1.54, 1.807) is 0 Å². The molecule has 0 aromatic carbocycles. The van der Waals surface area contributed by atoms with Gasteiger partial charge in [-0.3, -0.25) is 0 Å². The van der Waals surface area contributed by atoms with Crippen molar-refractivity contribution in [2.45, 2.75) is 88.5 Å². The van der Waals surface area contributed by atoms with E-state index in [1.807, 2.05) is 6.07 Å². The summed E-state index contributed by atoms with van der Waals surface area (Å²) in [5, 5.41) is 29.3. The monoisotopic (exact) mass is 854 g/mol. The number of hydrogen-bond donors (Lipinski definition) is 5.